The number of benzene rings is 3. The van der Waals surface area contributed by atoms with Crippen LogP contribution in [-0.4, -0.2) is 18.5 Å². The van der Waals surface area contributed by atoms with E-state index >= 15 is 0 Å². The van der Waals surface area contributed by atoms with Gasteiger partial charge in [0.1, 0.15) is 12.0 Å². The Labute approximate surface area is 199 Å². The van der Waals surface area contributed by atoms with Crippen LogP contribution in [0.25, 0.3) is 5.70 Å². The summed E-state index contributed by atoms with van der Waals surface area (Å²) in [6, 6.07) is 15.7. The quantitative estimate of drug-likeness (QED) is 0.425. The van der Waals surface area contributed by atoms with Crippen molar-refractivity contribution in [1.82, 2.24) is 10.6 Å². The molecule has 2 atom stereocenters. The van der Waals surface area contributed by atoms with Crippen molar-refractivity contribution in [3.05, 3.63) is 87.7 Å². The summed E-state index contributed by atoms with van der Waals surface area (Å²) in [6.07, 6.45) is 1.64. The molecule has 0 fully saturated rings. The van der Waals surface area contributed by atoms with Crippen LogP contribution in [0.3, 0.4) is 0 Å². The first kappa shape index (κ1) is 21.6. The van der Waals surface area contributed by atoms with Gasteiger partial charge >= 0.3 is 0 Å². The monoisotopic (exact) mass is 512 g/mol. The van der Waals surface area contributed by atoms with Crippen LogP contribution < -0.4 is 24.8 Å². The lowest BCUT2D eigenvalue weighted by Crippen LogP contribution is -2.39. The van der Waals surface area contributed by atoms with Crippen LogP contribution in [0.1, 0.15) is 35.8 Å². The molecule has 6 nitrogen and oxygen atoms in total. The Balaban J connectivity index is 1.57. The molecule has 2 heterocycles. The molecule has 3 N–H and O–H groups in total. The molecule has 3 aromatic rings. The third-order valence-corrected chi connectivity index (χ3v) is 6.21. The number of hydrogen-bond donors (Lipinski definition) is 3. The number of fused-ring (bicyclic) bond motifs is 1. The van der Waals surface area contributed by atoms with Gasteiger partial charge < -0.3 is 24.6 Å². The largest absolute Gasteiger partial charge is 0.504 e. The molecule has 8 heteroatoms. The van der Waals surface area contributed by atoms with E-state index in [9.17, 15) is 9.50 Å². The molecule has 2 aliphatic rings. The fourth-order valence-electron chi connectivity index (χ4n) is 4.00. The van der Waals surface area contributed by atoms with Gasteiger partial charge in [0.15, 0.2) is 23.0 Å². The summed E-state index contributed by atoms with van der Waals surface area (Å²) in [6.45, 7) is 2.51. The number of hydrogen-bond acceptors (Lipinski definition) is 6. The lowest BCUT2D eigenvalue weighted by molar-refractivity contribution is 0.174. The molecule has 0 saturated heterocycles. The van der Waals surface area contributed by atoms with E-state index < -0.39 is 0 Å². The molecule has 3 aromatic carbocycles. The van der Waals surface area contributed by atoms with Gasteiger partial charge in [-0.3, -0.25) is 5.32 Å². The third kappa shape index (κ3) is 4.24. The zero-order chi connectivity index (χ0) is 22.9. The van der Waals surface area contributed by atoms with Crippen molar-refractivity contribution in [2.24, 2.45) is 0 Å². The van der Waals surface area contributed by atoms with E-state index in [-0.39, 0.29) is 30.6 Å². The topological polar surface area (TPSA) is 72.0 Å². The molecule has 0 bridgehead atoms. The number of phenols is 1. The van der Waals surface area contributed by atoms with Crippen molar-refractivity contribution in [1.29, 1.82) is 0 Å². The van der Waals surface area contributed by atoms with Gasteiger partial charge in [-0.25, -0.2) is 4.39 Å². The Morgan fingerprint density at radius 3 is 2.79 bits per heavy atom. The van der Waals surface area contributed by atoms with Gasteiger partial charge in [0.2, 0.25) is 6.79 Å². The molecule has 0 spiro atoms. The minimum absolute atomic E-state index is 0.0825. The van der Waals surface area contributed by atoms with E-state index in [1.807, 2.05) is 43.3 Å². The minimum atomic E-state index is -0.354. The predicted molar refractivity (Wildman–Crippen MR) is 126 cm³/mol. The van der Waals surface area contributed by atoms with E-state index in [1.165, 1.54) is 6.07 Å². The van der Waals surface area contributed by atoms with Crippen molar-refractivity contribution in [2.45, 2.75) is 19.1 Å². The summed E-state index contributed by atoms with van der Waals surface area (Å²) in [4.78, 5) is 0. The van der Waals surface area contributed by atoms with Crippen LogP contribution in [0.4, 0.5) is 4.39 Å². The highest BCUT2D eigenvalue weighted by Crippen LogP contribution is 2.40. The number of para-hydroxylation sites is 1. The highest BCUT2D eigenvalue weighted by atomic mass is 79.9. The molecule has 33 heavy (non-hydrogen) atoms. The standard InChI is InChI=1S/C25H22BrFN2O4/c1-2-31-22-5-3-4-16(24(22)30)20-12-19(14-7-9-21-23(11-14)33-13-32-21)28-25(29-20)15-6-8-18(27)17(26)10-15/h3-12,20,25,28-30H,2,13H2,1H3. The lowest BCUT2D eigenvalue weighted by atomic mass is 9.97. The Morgan fingerprint density at radius 2 is 1.97 bits per heavy atom. The number of phenolic OH excluding ortho intramolecular Hbond substituents is 1. The Kier molecular flexibility index (Phi) is 5.86. The lowest BCUT2D eigenvalue weighted by Gasteiger charge is -2.33. The van der Waals surface area contributed by atoms with E-state index in [2.05, 4.69) is 26.6 Å². The smallest absolute Gasteiger partial charge is 0.231 e. The maximum Gasteiger partial charge on any atom is 0.231 e. The zero-order valence-electron chi connectivity index (χ0n) is 17.8. The first-order chi connectivity index (χ1) is 16.0. The Bertz CT molecular complexity index is 1230. The Morgan fingerprint density at radius 1 is 1.12 bits per heavy atom. The first-order valence-corrected chi connectivity index (χ1v) is 11.4. The van der Waals surface area contributed by atoms with Gasteiger partial charge in [0.25, 0.3) is 0 Å². The normalized spacial score (nSPS) is 19.1. The van der Waals surface area contributed by atoms with Gasteiger partial charge in [0, 0.05) is 16.8 Å². The molecule has 0 radical (unpaired) electrons. The third-order valence-electron chi connectivity index (χ3n) is 5.61. The maximum atomic E-state index is 13.9. The van der Waals surface area contributed by atoms with Crippen molar-refractivity contribution >= 4 is 21.6 Å². The van der Waals surface area contributed by atoms with Crippen LogP contribution in [0.5, 0.6) is 23.0 Å². The zero-order valence-corrected chi connectivity index (χ0v) is 19.4. The van der Waals surface area contributed by atoms with Gasteiger partial charge in [0.05, 0.1) is 17.1 Å². The molecule has 170 valence electrons. The fourth-order valence-corrected chi connectivity index (χ4v) is 4.39. The van der Waals surface area contributed by atoms with E-state index in [0.29, 0.717) is 33.9 Å². The summed E-state index contributed by atoms with van der Waals surface area (Å²) in [5.74, 6) is 1.55. The van der Waals surface area contributed by atoms with Gasteiger partial charge in [-0.1, -0.05) is 18.2 Å². The minimum Gasteiger partial charge on any atom is -0.504 e. The van der Waals surface area contributed by atoms with Crippen LogP contribution in [0.2, 0.25) is 0 Å². The molecular weight excluding hydrogens is 491 g/mol. The summed E-state index contributed by atoms with van der Waals surface area (Å²) < 4.78 is 30.8. The summed E-state index contributed by atoms with van der Waals surface area (Å²) in [5, 5.41) is 17.9. The first-order valence-electron chi connectivity index (χ1n) is 10.6. The average molecular weight is 513 g/mol. The number of aromatic hydroxyl groups is 1. The van der Waals surface area contributed by atoms with Gasteiger partial charge in [-0.05, 0) is 70.9 Å². The van der Waals surface area contributed by atoms with Crippen LogP contribution >= 0.6 is 15.9 Å². The molecular formula is C25H22BrFN2O4. The second kappa shape index (κ2) is 8.96. The number of rotatable bonds is 5. The molecule has 0 aromatic heterocycles. The maximum absolute atomic E-state index is 13.9. The van der Waals surface area contributed by atoms with Crippen molar-refractivity contribution in [2.75, 3.05) is 13.4 Å². The van der Waals surface area contributed by atoms with Gasteiger partial charge in [-0.2, -0.15) is 0 Å². The fraction of sp³-hybridized carbons (Fsp3) is 0.200. The van der Waals surface area contributed by atoms with Crippen molar-refractivity contribution in [3.63, 3.8) is 0 Å². The highest BCUT2D eigenvalue weighted by molar-refractivity contribution is 9.10. The number of halogens is 2. The molecule has 2 unspecified atom stereocenters. The summed E-state index contributed by atoms with van der Waals surface area (Å²) in [7, 11) is 0. The van der Waals surface area contributed by atoms with Crippen LogP contribution in [-0.2, 0) is 0 Å². The van der Waals surface area contributed by atoms with Crippen LogP contribution in [0.15, 0.2) is 65.1 Å². The highest BCUT2D eigenvalue weighted by Gasteiger charge is 2.28. The van der Waals surface area contributed by atoms with E-state index in [0.717, 1.165) is 16.8 Å². The summed E-state index contributed by atoms with van der Waals surface area (Å²) >= 11 is 3.27. The molecule has 0 amide bonds. The second-order valence-electron chi connectivity index (χ2n) is 7.67. The van der Waals surface area contributed by atoms with Crippen molar-refractivity contribution < 1.29 is 23.7 Å². The molecule has 2 aliphatic heterocycles. The molecule has 0 saturated carbocycles. The number of ether oxygens (including phenoxy) is 3. The number of nitrogens with one attached hydrogen (secondary N) is 2. The summed E-state index contributed by atoms with van der Waals surface area (Å²) in [5.41, 5.74) is 3.24. The van der Waals surface area contributed by atoms with E-state index in [4.69, 9.17) is 14.2 Å². The predicted octanol–water partition coefficient (Wildman–Crippen LogP) is 5.40. The van der Waals surface area contributed by atoms with Crippen molar-refractivity contribution in [3.8, 4) is 23.0 Å². The molecule has 5 rings (SSSR count). The Hall–Kier alpha value is -3.23. The second-order valence-corrected chi connectivity index (χ2v) is 8.52. The average Bonchev–Trinajstić information content (AvgIpc) is 3.30. The SMILES string of the molecule is CCOc1cccc(C2C=C(c3ccc4c(c3)OCO4)NC(c3ccc(F)c(Br)c3)N2)c1O. The van der Waals surface area contributed by atoms with Crippen LogP contribution in [0, 0.1) is 5.82 Å². The van der Waals surface area contributed by atoms with Gasteiger partial charge in [-0.15, -0.1) is 0 Å². The van der Waals surface area contributed by atoms with E-state index in [1.54, 1.807) is 18.2 Å². The molecule has 0 aliphatic carbocycles.